The van der Waals surface area contributed by atoms with Gasteiger partial charge in [-0.25, -0.2) is 10.2 Å². The lowest BCUT2D eigenvalue weighted by molar-refractivity contribution is 0.252. The van der Waals surface area contributed by atoms with Crippen LogP contribution in [0.2, 0.25) is 0 Å². The average molecular weight is 299 g/mol. The molecule has 0 saturated heterocycles. The third-order valence-electron chi connectivity index (χ3n) is 3.01. The fourth-order valence-electron chi connectivity index (χ4n) is 1.82. The second kappa shape index (κ2) is 6.62. The zero-order valence-electron chi connectivity index (χ0n) is 12.3. The number of rotatable bonds is 3. The normalized spacial score (nSPS) is 11.1. The van der Waals surface area contributed by atoms with Crippen molar-refractivity contribution in [1.82, 2.24) is 5.43 Å². The van der Waals surface area contributed by atoms with Gasteiger partial charge in [-0.15, -0.1) is 0 Å². The number of nitrogens with zero attached hydrogens (tertiary/aromatic N) is 1. The molecule has 2 aromatic carbocycles. The maximum atomic E-state index is 11.7. The number of hydrogen-bond donors (Lipinski definition) is 4. The lowest BCUT2D eigenvalue weighted by Gasteiger charge is -2.07. The molecule has 0 aliphatic carbocycles. The maximum Gasteiger partial charge on any atom is 0.339 e. The average Bonchev–Trinajstić information content (AvgIpc) is 2.47. The van der Waals surface area contributed by atoms with Crippen molar-refractivity contribution in [3.8, 4) is 11.5 Å². The van der Waals surface area contributed by atoms with E-state index in [4.69, 9.17) is 0 Å². The number of aromatic hydroxyl groups is 2. The topological polar surface area (TPSA) is 94.0 Å². The molecule has 0 atom stereocenters. The summed E-state index contributed by atoms with van der Waals surface area (Å²) in [4.78, 5) is 11.7. The Morgan fingerprint density at radius 2 is 1.77 bits per heavy atom. The molecule has 0 aromatic heterocycles. The van der Waals surface area contributed by atoms with E-state index in [9.17, 15) is 15.0 Å². The quantitative estimate of drug-likeness (QED) is 0.518. The second-order valence-electron chi connectivity index (χ2n) is 4.83. The van der Waals surface area contributed by atoms with Gasteiger partial charge in [0.25, 0.3) is 0 Å². The van der Waals surface area contributed by atoms with Crippen LogP contribution in [-0.4, -0.2) is 22.0 Å². The van der Waals surface area contributed by atoms with Crippen LogP contribution in [0.5, 0.6) is 11.5 Å². The monoisotopic (exact) mass is 299 g/mol. The predicted octanol–water partition coefficient (Wildman–Crippen LogP) is 2.95. The van der Waals surface area contributed by atoms with Crippen molar-refractivity contribution in [2.75, 3.05) is 5.32 Å². The van der Waals surface area contributed by atoms with Crippen LogP contribution in [0.1, 0.15) is 18.1 Å². The number of carbonyl (C=O) groups is 1. The molecule has 6 nitrogen and oxygen atoms in total. The fraction of sp³-hybridized carbons (Fsp3) is 0.125. The van der Waals surface area contributed by atoms with E-state index in [-0.39, 0.29) is 11.5 Å². The van der Waals surface area contributed by atoms with Gasteiger partial charge in [0.05, 0.1) is 5.71 Å². The number of nitrogens with one attached hydrogen (secondary N) is 2. The van der Waals surface area contributed by atoms with Crippen LogP contribution in [0.4, 0.5) is 10.5 Å². The first-order valence-corrected chi connectivity index (χ1v) is 6.66. The van der Waals surface area contributed by atoms with E-state index in [0.29, 0.717) is 17.0 Å². The van der Waals surface area contributed by atoms with Gasteiger partial charge in [0.2, 0.25) is 0 Å². The molecule has 0 saturated carbocycles. The van der Waals surface area contributed by atoms with Crippen molar-refractivity contribution >= 4 is 17.4 Å². The van der Waals surface area contributed by atoms with Gasteiger partial charge in [0.1, 0.15) is 11.5 Å². The molecule has 6 heteroatoms. The minimum atomic E-state index is -0.485. The number of urea groups is 1. The first-order chi connectivity index (χ1) is 10.5. The summed E-state index contributed by atoms with van der Waals surface area (Å²) in [6.45, 7) is 3.60. The summed E-state index contributed by atoms with van der Waals surface area (Å²) in [6, 6.07) is 11.0. The number of hydrazone groups is 1. The molecule has 2 rings (SSSR count). The van der Waals surface area contributed by atoms with Gasteiger partial charge in [-0.2, -0.15) is 5.10 Å². The molecule has 114 valence electrons. The molecule has 0 aliphatic heterocycles. The molecular formula is C16H17N3O3. The van der Waals surface area contributed by atoms with Crippen LogP contribution < -0.4 is 10.7 Å². The third kappa shape index (κ3) is 3.99. The molecule has 0 fully saturated rings. The molecule has 0 unspecified atom stereocenters. The fourth-order valence-corrected chi connectivity index (χ4v) is 1.82. The lowest BCUT2D eigenvalue weighted by Crippen LogP contribution is -2.25. The summed E-state index contributed by atoms with van der Waals surface area (Å²) >= 11 is 0. The number of benzene rings is 2. The predicted molar refractivity (Wildman–Crippen MR) is 85.3 cm³/mol. The Morgan fingerprint density at radius 1 is 1.09 bits per heavy atom. The number of phenolic OH excluding ortho intramolecular Hbond substituents is 2. The zero-order valence-corrected chi connectivity index (χ0v) is 12.3. The number of phenols is 2. The highest BCUT2D eigenvalue weighted by molar-refractivity contribution is 6.02. The summed E-state index contributed by atoms with van der Waals surface area (Å²) in [5, 5.41) is 25.5. The minimum Gasteiger partial charge on any atom is -0.508 e. The van der Waals surface area contributed by atoms with Gasteiger partial charge in [-0.3, -0.25) is 0 Å². The van der Waals surface area contributed by atoms with E-state index in [0.717, 1.165) is 5.56 Å². The molecule has 4 N–H and O–H groups in total. The standard InChI is InChI=1S/C16H17N3O3/c1-10-3-5-12(6-4-10)17-16(22)19-18-11(2)14-8-7-13(20)9-15(14)21/h3-9,20-21H,1-2H3,(H2,17,19,22)/b18-11+. The number of anilines is 1. The van der Waals surface area contributed by atoms with Crippen LogP contribution in [0, 0.1) is 6.92 Å². The maximum absolute atomic E-state index is 11.7. The molecule has 0 spiro atoms. The van der Waals surface area contributed by atoms with Crippen molar-refractivity contribution in [1.29, 1.82) is 0 Å². The van der Waals surface area contributed by atoms with Crippen molar-refractivity contribution < 1.29 is 15.0 Å². The number of aryl methyl sites for hydroxylation is 1. The first kappa shape index (κ1) is 15.4. The lowest BCUT2D eigenvalue weighted by atomic mass is 10.1. The van der Waals surface area contributed by atoms with Crippen LogP contribution in [0.15, 0.2) is 47.6 Å². The Labute approximate surface area is 128 Å². The van der Waals surface area contributed by atoms with E-state index >= 15 is 0 Å². The minimum absolute atomic E-state index is 0.0425. The highest BCUT2D eigenvalue weighted by atomic mass is 16.3. The second-order valence-corrected chi connectivity index (χ2v) is 4.83. The summed E-state index contributed by atoms with van der Waals surface area (Å²) in [7, 11) is 0. The number of amides is 2. The third-order valence-corrected chi connectivity index (χ3v) is 3.01. The van der Waals surface area contributed by atoms with Gasteiger partial charge in [0, 0.05) is 17.3 Å². The Morgan fingerprint density at radius 3 is 2.41 bits per heavy atom. The van der Waals surface area contributed by atoms with Crippen molar-refractivity contribution in [3.05, 3.63) is 53.6 Å². The molecule has 0 radical (unpaired) electrons. The SMILES string of the molecule is C/C(=N\NC(=O)Nc1ccc(C)cc1)c1ccc(O)cc1O. The summed E-state index contributed by atoms with van der Waals surface area (Å²) in [5.41, 5.74) is 4.94. The summed E-state index contributed by atoms with van der Waals surface area (Å²) in [6.07, 6.45) is 0. The molecular weight excluding hydrogens is 282 g/mol. The van der Waals surface area contributed by atoms with E-state index < -0.39 is 6.03 Å². The van der Waals surface area contributed by atoms with Crippen LogP contribution >= 0.6 is 0 Å². The van der Waals surface area contributed by atoms with Gasteiger partial charge >= 0.3 is 6.03 Å². The van der Waals surface area contributed by atoms with Gasteiger partial charge in [-0.05, 0) is 38.1 Å². The van der Waals surface area contributed by atoms with E-state index in [2.05, 4.69) is 15.8 Å². The van der Waals surface area contributed by atoms with Crippen molar-refractivity contribution in [2.45, 2.75) is 13.8 Å². The molecule has 0 bridgehead atoms. The summed E-state index contributed by atoms with van der Waals surface area (Å²) < 4.78 is 0. The Bertz CT molecular complexity index is 709. The molecule has 2 aromatic rings. The van der Waals surface area contributed by atoms with Crippen LogP contribution in [0.25, 0.3) is 0 Å². The Balaban J connectivity index is 2.00. The van der Waals surface area contributed by atoms with E-state index in [1.807, 2.05) is 19.1 Å². The van der Waals surface area contributed by atoms with Gasteiger partial charge < -0.3 is 15.5 Å². The Kier molecular flexibility index (Phi) is 4.63. The van der Waals surface area contributed by atoms with Crippen LogP contribution in [0.3, 0.4) is 0 Å². The van der Waals surface area contributed by atoms with E-state index in [1.54, 1.807) is 19.1 Å². The zero-order chi connectivity index (χ0) is 16.1. The van der Waals surface area contributed by atoms with Crippen molar-refractivity contribution in [3.63, 3.8) is 0 Å². The van der Waals surface area contributed by atoms with Gasteiger partial charge in [-0.1, -0.05) is 17.7 Å². The summed E-state index contributed by atoms with van der Waals surface area (Å²) in [5.74, 6) is -0.152. The highest BCUT2D eigenvalue weighted by Gasteiger charge is 2.06. The van der Waals surface area contributed by atoms with Crippen molar-refractivity contribution in [2.24, 2.45) is 5.10 Å². The van der Waals surface area contributed by atoms with Crippen LogP contribution in [-0.2, 0) is 0 Å². The molecule has 0 aliphatic rings. The molecule has 22 heavy (non-hydrogen) atoms. The largest absolute Gasteiger partial charge is 0.508 e. The van der Waals surface area contributed by atoms with Gasteiger partial charge in [0.15, 0.2) is 0 Å². The smallest absolute Gasteiger partial charge is 0.339 e. The highest BCUT2D eigenvalue weighted by Crippen LogP contribution is 2.22. The van der Waals surface area contributed by atoms with E-state index in [1.165, 1.54) is 18.2 Å². The Hall–Kier alpha value is -3.02. The molecule has 2 amide bonds. The number of carbonyl (C=O) groups excluding carboxylic acids is 1. The first-order valence-electron chi connectivity index (χ1n) is 6.66. The number of hydrogen-bond acceptors (Lipinski definition) is 4. The molecule has 0 heterocycles.